The van der Waals surface area contributed by atoms with Crippen LogP contribution in [0.1, 0.15) is 37.3 Å². The van der Waals surface area contributed by atoms with Crippen molar-refractivity contribution in [3.63, 3.8) is 0 Å². The molecule has 1 aromatic rings. The van der Waals surface area contributed by atoms with E-state index < -0.39 is 0 Å². The molecule has 2 saturated carbocycles. The minimum atomic E-state index is 0.337. The second-order valence-corrected chi connectivity index (χ2v) is 7.82. The zero-order valence-electron chi connectivity index (χ0n) is 14.2. The van der Waals surface area contributed by atoms with Gasteiger partial charge in [0.1, 0.15) is 0 Å². The number of hydrogen-bond donors (Lipinski definition) is 0. The molecule has 0 N–H and O–H groups in total. The van der Waals surface area contributed by atoms with Gasteiger partial charge < -0.3 is 4.90 Å². The molecule has 1 aliphatic heterocycles. The largest absolute Gasteiger partial charge is 0.345 e. The summed E-state index contributed by atoms with van der Waals surface area (Å²) in [6, 6.07) is 4.56. The third-order valence-electron chi connectivity index (χ3n) is 6.07. The maximum Gasteiger partial charge on any atom is 0.225 e. The third-order valence-corrected chi connectivity index (χ3v) is 6.07. The number of likely N-dealkylation sites (tertiary alicyclic amines) is 1. The Labute approximate surface area is 138 Å². The smallest absolute Gasteiger partial charge is 0.225 e. The van der Waals surface area contributed by atoms with Crippen molar-refractivity contribution in [3.05, 3.63) is 30.1 Å². The summed E-state index contributed by atoms with van der Waals surface area (Å²) in [4.78, 5) is 21.4. The zero-order valence-corrected chi connectivity index (χ0v) is 14.2. The molecule has 3 fully saturated rings. The van der Waals surface area contributed by atoms with Crippen LogP contribution in [0.4, 0.5) is 0 Å². The number of carbonyl (C=O) groups is 1. The van der Waals surface area contributed by atoms with E-state index in [-0.39, 0.29) is 0 Å². The predicted molar refractivity (Wildman–Crippen MR) is 89.7 cm³/mol. The van der Waals surface area contributed by atoms with Crippen LogP contribution in [0.3, 0.4) is 0 Å². The van der Waals surface area contributed by atoms with E-state index in [2.05, 4.69) is 23.0 Å². The van der Waals surface area contributed by atoms with Gasteiger partial charge in [-0.15, -0.1) is 0 Å². The highest BCUT2D eigenvalue weighted by Gasteiger charge is 2.52. The van der Waals surface area contributed by atoms with Gasteiger partial charge in [-0.25, -0.2) is 0 Å². The van der Waals surface area contributed by atoms with Crippen molar-refractivity contribution >= 4 is 5.91 Å². The lowest BCUT2D eigenvalue weighted by Crippen LogP contribution is -2.35. The number of carbonyl (C=O) groups excluding carboxylic acids is 1. The highest BCUT2D eigenvalue weighted by Crippen LogP contribution is 2.55. The Morgan fingerprint density at radius 2 is 2.22 bits per heavy atom. The Bertz CT molecular complexity index is 571. The number of pyridine rings is 1. The Hall–Kier alpha value is -1.42. The zero-order chi connectivity index (χ0) is 16.0. The first-order valence-electron chi connectivity index (χ1n) is 9.00. The van der Waals surface area contributed by atoms with Crippen molar-refractivity contribution in [1.82, 2.24) is 14.8 Å². The fourth-order valence-electron chi connectivity index (χ4n) is 4.56. The Morgan fingerprint density at radius 3 is 2.91 bits per heavy atom. The maximum absolute atomic E-state index is 12.7. The summed E-state index contributed by atoms with van der Waals surface area (Å²) in [5, 5.41) is 0. The highest BCUT2D eigenvalue weighted by molar-refractivity contribution is 5.81. The summed E-state index contributed by atoms with van der Waals surface area (Å²) in [6.45, 7) is 1.97. The minimum absolute atomic E-state index is 0.337. The molecular formula is C19H27N3O. The van der Waals surface area contributed by atoms with Crippen molar-refractivity contribution in [1.29, 1.82) is 0 Å². The van der Waals surface area contributed by atoms with Crippen LogP contribution in [0, 0.1) is 23.7 Å². The normalized spacial score (nSPS) is 33.7. The average molecular weight is 313 g/mol. The molecule has 23 heavy (non-hydrogen) atoms. The number of rotatable bonds is 5. The van der Waals surface area contributed by atoms with E-state index >= 15 is 0 Å². The van der Waals surface area contributed by atoms with Crippen LogP contribution in [-0.4, -0.2) is 47.9 Å². The molecule has 0 spiro atoms. The summed E-state index contributed by atoms with van der Waals surface area (Å²) in [5.74, 6) is 2.82. The quantitative estimate of drug-likeness (QED) is 0.838. The highest BCUT2D eigenvalue weighted by atomic mass is 16.2. The molecule has 0 aromatic carbocycles. The molecule has 1 amide bonds. The molecule has 124 valence electrons. The molecule has 0 unspecified atom stereocenters. The van der Waals surface area contributed by atoms with Gasteiger partial charge in [-0.05, 0) is 68.7 Å². The molecule has 3 aliphatic rings. The van der Waals surface area contributed by atoms with Gasteiger partial charge in [0, 0.05) is 37.9 Å². The van der Waals surface area contributed by atoms with Crippen LogP contribution >= 0.6 is 0 Å². The van der Waals surface area contributed by atoms with E-state index in [1.807, 2.05) is 30.4 Å². The summed E-state index contributed by atoms with van der Waals surface area (Å²) >= 11 is 0. The molecule has 1 aromatic heterocycles. The summed E-state index contributed by atoms with van der Waals surface area (Å²) in [6.07, 6.45) is 8.82. The van der Waals surface area contributed by atoms with E-state index in [9.17, 15) is 4.79 Å². The summed E-state index contributed by atoms with van der Waals surface area (Å²) < 4.78 is 0. The fraction of sp³-hybridized carbons (Fsp3) is 0.684. The van der Waals surface area contributed by atoms with Gasteiger partial charge in [0.15, 0.2) is 0 Å². The molecule has 1 saturated heterocycles. The Kier molecular flexibility index (Phi) is 3.88. The lowest BCUT2D eigenvalue weighted by Gasteiger charge is -2.29. The molecule has 2 aliphatic carbocycles. The predicted octanol–water partition coefficient (Wildman–Crippen LogP) is 2.58. The standard InChI is InChI=1S/C19H27N3O/c1-21-9-7-15(18(21)14-4-3-8-20-11-14)12-22(2)19(23)17-10-16(17)13-5-6-13/h3-4,8,11,13,15-18H,5-7,9-10,12H2,1-2H3/t15-,16-,17-,18-/m0/s1. The number of nitrogens with zero attached hydrogens (tertiary/aromatic N) is 3. The van der Waals surface area contributed by atoms with Gasteiger partial charge in [-0.3, -0.25) is 14.7 Å². The van der Waals surface area contributed by atoms with E-state index in [0.29, 0.717) is 29.7 Å². The number of hydrogen-bond acceptors (Lipinski definition) is 3. The Balaban J connectivity index is 1.40. The lowest BCUT2D eigenvalue weighted by molar-refractivity contribution is -0.132. The van der Waals surface area contributed by atoms with Crippen molar-refractivity contribution in [3.8, 4) is 0 Å². The van der Waals surface area contributed by atoms with E-state index in [1.54, 1.807) is 0 Å². The van der Waals surface area contributed by atoms with Gasteiger partial charge in [0.25, 0.3) is 0 Å². The lowest BCUT2D eigenvalue weighted by atomic mass is 9.94. The van der Waals surface area contributed by atoms with Gasteiger partial charge in [-0.2, -0.15) is 0 Å². The van der Waals surface area contributed by atoms with E-state index in [1.165, 1.54) is 18.4 Å². The molecular weight excluding hydrogens is 286 g/mol. The Morgan fingerprint density at radius 1 is 1.39 bits per heavy atom. The van der Waals surface area contributed by atoms with Crippen LogP contribution in [0.25, 0.3) is 0 Å². The van der Waals surface area contributed by atoms with Crippen molar-refractivity contribution in [2.75, 3.05) is 27.2 Å². The summed E-state index contributed by atoms with van der Waals surface area (Å²) in [5.41, 5.74) is 1.28. The fourth-order valence-corrected chi connectivity index (χ4v) is 4.56. The van der Waals surface area contributed by atoms with Gasteiger partial charge in [0.05, 0.1) is 0 Å². The molecule has 2 heterocycles. The van der Waals surface area contributed by atoms with Crippen molar-refractivity contribution in [2.45, 2.75) is 31.7 Å². The van der Waals surface area contributed by atoms with Crippen LogP contribution in [-0.2, 0) is 4.79 Å². The van der Waals surface area contributed by atoms with Crippen molar-refractivity contribution < 1.29 is 4.79 Å². The molecule has 4 atom stereocenters. The SMILES string of the molecule is CN(C[C@@H]1CCN(C)[C@H]1c1cccnc1)C(=O)[C@H]1C[C@H]1C1CC1. The molecule has 0 bridgehead atoms. The van der Waals surface area contributed by atoms with Crippen LogP contribution in [0.5, 0.6) is 0 Å². The van der Waals surface area contributed by atoms with Crippen LogP contribution < -0.4 is 0 Å². The summed E-state index contributed by atoms with van der Waals surface area (Å²) in [7, 11) is 4.19. The first kappa shape index (κ1) is 15.1. The monoisotopic (exact) mass is 313 g/mol. The first-order chi connectivity index (χ1) is 11.1. The second-order valence-electron chi connectivity index (χ2n) is 7.82. The second kappa shape index (κ2) is 5.90. The van der Waals surface area contributed by atoms with E-state index in [4.69, 9.17) is 0 Å². The number of aromatic nitrogens is 1. The first-order valence-corrected chi connectivity index (χ1v) is 9.00. The van der Waals surface area contributed by atoms with E-state index in [0.717, 1.165) is 31.8 Å². The number of amides is 1. The third kappa shape index (κ3) is 3.01. The molecule has 0 radical (unpaired) electrons. The molecule has 4 nitrogen and oxygen atoms in total. The van der Waals surface area contributed by atoms with Crippen LogP contribution in [0.15, 0.2) is 24.5 Å². The average Bonchev–Trinajstić information content (AvgIpc) is 3.45. The molecule has 4 rings (SSSR count). The van der Waals surface area contributed by atoms with Gasteiger partial charge in [-0.1, -0.05) is 6.07 Å². The van der Waals surface area contributed by atoms with Crippen LogP contribution in [0.2, 0.25) is 0 Å². The minimum Gasteiger partial charge on any atom is -0.345 e. The van der Waals surface area contributed by atoms with Crippen molar-refractivity contribution in [2.24, 2.45) is 23.7 Å². The maximum atomic E-state index is 12.7. The molecule has 4 heteroatoms. The van der Waals surface area contributed by atoms with Gasteiger partial charge >= 0.3 is 0 Å². The van der Waals surface area contributed by atoms with Gasteiger partial charge in [0.2, 0.25) is 5.91 Å². The topological polar surface area (TPSA) is 36.4 Å².